The first kappa shape index (κ1) is 110. The van der Waals surface area contributed by atoms with Gasteiger partial charge < -0.3 is 126 Å². The molecule has 2 unspecified atom stereocenters. The molecule has 2 heterocycles. The van der Waals surface area contributed by atoms with Crippen LogP contribution in [-0.4, -0.2) is 283 Å². The molecule has 0 bridgehead atoms. The smallest absolute Gasteiger partial charge is 0.312 e. The van der Waals surface area contributed by atoms with Crippen LogP contribution in [0.25, 0.3) is 0 Å². The molecule has 3 saturated carbocycles. The van der Waals surface area contributed by atoms with E-state index in [1.807, 2.05) is 55.5 Å². The number of benzene rings is 3. The fourth-order valence-corrected chi connectivity index (χ4v) is 19.2. The van der Waals surface area contributed by atoms with Gasteiger partial charge in [-0.1, -0.05) is 102 Å². The number of aliphatic hydroxyl groups excluding tert-OH is 1. The van der Waals surface area contributed by atoms with Crippen molar-refractivity contribution < 1.29 is 123 Å². The molecule has 14 atom stereocenters. The van der Waals surface area contributed by atoms with Crippen molar-refractivity contribution in [3.8, 4) is 17.6 Å². The van der Waals surface area contributed by atoms with E-state index in [0.717, 1.165) is 60.8 Å². The highest BCUT2D eigenvalue weighted by Crippen LogP contribution is 2.72. The number of carbonyl (C=O) groups is 10. The number of ether oxygens (including phenoxy) is 13. The van der Waals surface area contributed by atoms with Gasteiger partial charge in [-0.2, -0.15) is 0 Å². The van der Waals surface area contributed by atoms with Crippen molar-refractivity contribution in [1.29, 1.82) is 0 Å². The molecule has 5 aliphatic carbocycles. The molecule has 762 valence electrons. The van der Waals surface area contributed by atoms with Crippen LogP contribution in [0.2, 0.25) is 0 Å². The maximum absolute atomic E-state index is 18.2. The van der Waals surface area contributed by atoms with Gasteiger partial charge in [-0.15, -0.1) is 0 Å². The number of unbranched alkanes of at least 4 members (excludes halogenated alkanes) is 1. The molecule has 0 aromatic heterocycles. The molecule has 9 amide bonds. The summed E-state index contributed by atoms with van der Waals surface area (Å²) in [4.78, 5) is 138. The molecule has 3 aromatic carbocycles. The second kappa shape index (κ2) is 56.5. The van der Waals surface area contributed by atoms with E-state index in [4.69, 9.17) is 73.0 Å². The summed E-state index contributed by atoms with van der Waals surface area (Å²) in [5, 5.41) is 34.9. The molecular weight excluding hydrogens is 1790 g/mol. The normalized spacial score (nSPS) is 23.6. The third-order valence-electron chi connectivity index (χ3n) is 26.4. The Kier molecular flexibility index (Phi) is 45.1. The average molecular weight is 1940 g/mol. The summed E-state index contributed by atoms with van der Waals surface area (Å²) in [6.45, 7) is 17.5. The zero-order valence-corrected chi connectivity index (χ0v) is 80.8. The van der Waals surface area contributed by atoms with E-state index in [1.165, 1.54) is 43.3 Å². The Morgan fingerprint density at radius 3 is 1.89 bits per heavy atom. The van der Waals surface area contributed by atoms with Crippen molar-refractivity contribution in [2.45, 2.75) is 230 Å². The van der Waals surface area contributed by atoms with Gasteiger partial charge in [0.25, 0.3) is 0 Å². The number of rotatable bonds is 62. The summed E-state index contributed by atoms with van der Waals surface area (Å²) in [7, 11) is 0. The van der Waals surface area contributed by atoms with Crippen LogP contribution < -0.4 is 63.6 Å². The number of halogens is 2. The molecule has 10 rings (SSSR count). The minimum atomic E-state index is -2.40. The number of Topliss-reactive ketones (excluding diaryl/α,β-unsaturated/α-hetero) is 1. The van der Waals surface area contributed by atoms with Gasteiger partial charge in [-0.3, -0.25) is 43.2 Å². The van der Waals surface area contributed by atoms with Gasteiger partial charge in [-0.05, 0) is 168 Å². The molecule has 4 fully saturated rings. The lowest BCUT2D eigenvalue weighted by Gasteiger charge is -2.63. The number of anilines is 2. The van der Waals surface area contributed by atoms with Crippen molar-refractivity contribution in [3.05, 3.63) is 125 Å². The number of aliphatic hydroxyl groups is 1. The van der Waals surface area contributed by atoms with Crippen molar-refractivity contribution in [1.82, 2.24) is 37.2 Å². The van der Waals surface area contributed by atoms with Crippen molar-refractivity contribution in [2.24, 2.45) is 40.1 Å². The Labute approximate surface area is 808 Å². The van der Waals surface area contributed by atoms with Gasteiger partial charge >= 0.3 is 6.03 Å². The number of allylic oxidation sites excluding steroid dienone is 5. The van der Waals surface area contributed by atoms with Gasteiger partial charge in [0.2, 0.25) is 47.1 Å². The largest absolute Gasteiger partial charge is 0.486 e. The van der Waals surface area contributed by atoms with E-state index in [9.17, 15) is 48.3 Å². The van der Waals surface area contributed by atoms with Crippen LogP contribution in [0, 0.1) is 40.4 Å². The summed E-state index contributed by atoms with van der Waals surface area (Å²) < 4.78 is 111. The standard InChI is InChI=1S/C101H145F2N11O24/c1-7-19-91-137-86-63-75-76-62-78(102)77-61-73(115)36-38-98(77,5)100(76,103)84(116)64-99(75,6)101(86,138-91)85(117)66-135-74-32-30-72(31-33-74)110-94(122)81(25-18-40-109-97(105)125)112-96(124)93(68(3)4)113-95(123)80(24-16-17-39-107-89(120)67-136-83-27-11-9-10-23-79(92(83)104)106-41-45-128-49-53-132-58-60-134-59-55-130-51-47-126-43-8-2)111-88(119)37-44-127-48-52-131-56-57-133-54-50-129-46-42-108-87(118)34-35-90(121)114-65-71-22-13-12-20-69(71)28-29-70-21-14-15-26-82(70)114/h12-15,20-22,26,30-33,36,38,61,68,75-76,78,80-81,83-84,86,91,93,106,116H,7-11,16-19,23-25,27,34-35,37,39-60,62-67,104H2,1-6H3,(H,107,120)(H,108,118)(H,110,122)(H,111,119)(H,112,124)(H,113,123)(H3,105,109,125)/t75-,76-,78-,80+,81-,83?,84-,86+,91?,93-,98-,99-,100-,101+/m0/s1. The number of alkyl halides is 2. The second-order valence-corrected chi connectivity index (χ2v) is 36.5. The zero-order valence-electron chi connectivity index (χ0n) is 80.8. The number of ketones is 2. The monoisotopic (exact) mass is 1930 g/mol. The molecule has 35 nitrogen and oxygen atoms in total. The van der Waals surface area contributed by atoms with Gasteiger partial charge in [0.15, 0.2) is 23.3 Å². The third-order valence-corrected chi connectivity index (χ3v) is 26.4. The Hall–Kier alpha value is -9.92. The van der Waals surface area contributed by atoms with Crippen LogP contribution in [-0.2, 0) is 107 Å². The Balaban J connectivity index is 0.681. The number of primary amides is 1. The number of carbonyl (C=O) groups excluding carboxylic acids is 10. The van der Waals surface area contributed by atoms with E-state index in [1.54, 1.807) is 25.7 Å². The number of nitrogens with two attached hydrogens (primary N) is 2. The lowest BCUT2D eigenvalue weighted by molar-refractivity contribution is -0.234. The van der Waals surface area contributed by atoms with E-state index < -0.39 is 137 Å². The average Bonchev–Trinajstić information content (AvgIpc) is 1.47. The molecule has 0 radical (unpaired) electrons. The van der Waals surface area contributed by atoms with Crippen molar-refractivity contribution in [3.63, 3.8) is 0 Å². The first-order valence-corrected chi connectivity index (χ1v) is 49.0. The van der Waals surface area contributed by atoms with Gasteiger partial charge in [0.05, 0.1) is 149 Å². The number of hydrogen-bond donors (Lipinski definition) is 11. The number of amides is 9. The van der Waals surface area contributed by atoms with Crippen LogP contribution in [0.15, 0.2) is 108 Å². The highest BCUT2D eigenvalue weighted by molar-refractivity contribution is 6.02. The van der Waals surface area contributed by atoms with E-state index >= 15 is 13.6 Å². The van der Waals surface area contributed by atoms with Crippen LogP contribution in [0.4, 0.5) is 25.0 Å². The summed E-state index contributed by atoms with van der Waals surface area (Å²) in [5.41, 5.74) is 9.85. The summed E-state index contributed by atoms with van der Waals surface area (Å²) in [6.07, 6.45) is 4.46. The number of hydrogen-bond acceptors (Lipinski definition) is 26. The second-order valence-electron chi connectivity index (χ2n) is 36.5. The highest BCUT2D eigenvalue weighted by Gasteiger charge is 2.80. The molecular formula is C101H145F2N11O24. The maximum atomic E-state index is 18.2. The summed E-state index contributed by atoms with van der Waals surface area (Å²) in [6, 6.07) is 16.6. The molecule has 13 N–H and O–H groups in total. The molecule has 3 aromatic rings. The Morgan fingerprint density at radius 1 is 0.616 bits per heavy atom. The molecule has 138 heavy (non-hydrogen) atoms. The first-order valence-electron chi connectivity index (χ1n) is 49.0. The van der Waals surface area contributed by atoms with Crippen LogP contribution in [0.3, 0.4) is 0 Å². The minimum Gasteiger partial charge on any atom is -0.486 e. The number of nitrogens with one attached hydrogen (secondary N) is 8. The molecule has 1 saturated heterocycles. The number of urea groups is 1. The lowest BCUT2D eigenvalue weighted by Crippen LogP contribution is -2.71. The summed E-state index contributed by atoms with van der Waals surface area (Å²) >= 11 is 0. The quantitative estimate of drug-likeness (QED) is 0.0192. The van der Waals surface area contributed by atoms with Crippen molar-refractivity contribution >= 4 is 70.3 Å². The topological polar surface area (TPSA) is 462 Å². The van der Waals surface area contributed by atoms with Gasteiger partial charge in [-0.25, -0.2) is 13.6 Å². The molecule has 7 aliphatic rings. The van der Waals surface area contributed by atoms with E-state index in [0.29, 0.717) is 122 Å². The van der Waals surface area contributed by atoms with Gasteiger partial charge in [0.1, 0.15) is 43.3 Å². The maximum Gasteiger partial charge on any atom is 0.312 e. The Bertz CT molecular complexity index is 4630. The number of fused-ring (bicyclic) bond motifs is 9. The molecule has 2 aliphatic heterocycles. The van der Waals surface area contributed by atoms with Crippen molar-refractivity contribution in [2.75, 3.05) is 169 Å². The number of nitrogens with zero attached hydrogens (tertiary/aromatic N) is 1. The lowest BCUT2D eigenvalue weighted by atomic mass is 9.44. The Morgan fingerprint density at radius 2 is 1.22 bits per heavy atom. The summed E-state index contributed by atoms with van der Waals surface area (Å²) in [5.74, 6) is -0.336. The predicted octanol–water partition coefficient (Wildman–Crippen LogP) is 7.53. The fourth-order valence-electron chi connectivity index (χ4n) is 19.2. The molecule has 37 heteroatoms. The first-order chi connectivity index (χ1) is 66.6. The van der Waals surface area contributed by atoms with E-state index in [-0.39, 0.29) is 172 Å². The minimum absolute atomic E-state index is 0.00187. The van der Waals surface area contributed by atoms with Gasteiger partial charge in [0, 0.05) is 91.3 Å². The predicted molar refractivity (Wildman–Crippen MR) is 508 cm³/mol. The van der Waals surface area contributed by atoms with Crippen LogP contribution in [0.1, 0.15) is 180 Å². The van der Waals surface area contributed by atoms with Crippen LogP contribution in [0.5, 0.6) is 5.75 Å². The SMILES string of the molecule is CCCOCCOCCOCCOCCOCCNC1=C(N)C(OCC(=O)NCCCC[C@@H](NC(=O)CCOCCOCCOCCOCCNC(=O)CCC(=O)N2Cc3ccccc3C#Cc3ccccc32)C(=O)N[C@H](C(=O)N[C@@H](CCCNC(N)=O)C(=O)Nc2ccc(OCC(=O)[C@@]34OC(CCC)O[C@@H]3C[C@H]3[C@@H]5C[C@H](F)C6=CC(=O)C=C[C@]6(C)[C@@]5(F)[C@@H](O)C[C@@]34C)cc2)C(C)C)CCCCC1. The number of para-hydroxylation sites is 1. The molecule has 0 spiro atoms. The highest BCUT2D eigenvalue weighted by atomic mass is 19.1. The van der Waals surface area contributed by atoms with E-state index in [2.05, 4.69) is 61.3 Å². The fraction of sp³-hybridized carbons (Fsp3) is 0.644. The zero-order chi connectivity index (χ0) is 98.9. The van der Waals surface area contributed by atoms with Crippen LogP contribution >= 0.6 is 0 Å². The third kappa shape index (κ3) is 31.3.